The van der Waals surface area contributed by atoms with E-state index in [1.165, 1.54) is 40.2 Å². The molecule has 0 saturated carbocycles. The Morgan fingerprint density at radius 3 is 2.41 bits per heavy atom. The summed E-state index contributed by atoms with van der Waals surface area (Å²) in [5.41, 5.74) is 0.284. The van der Waals surface area contributed by atoms with Gasteiger partial charge >= 0.3 is 11.9 Å². The number of amides is 2. The summed E-state index contributed by atoms with van der Waals surface area (Å²) in [6, 6.07) is 9.55. The maximum Gasteiger partial charge on any atom is 0.326 e. The zero-order valence-electron chi connectivity index (χ0n) is 25.1. The number of carbonyl (C=O) groups is 4. The molecule has 2 amide bonds. The summed E-state index contributed by atoms with van der Waals surface area (Å²) in [5.74, 6) is -3.02. The molecule has 2 aromatic carbocycles. The third-order valence-corrected chi connectivity index (χ3v) is 8.55. The van der Waals surface area contributed by atoms with Gasteiger partial charge in [-0.3, -0.25) is 18.9 Å². The van der Waals surface area contributed by atoms with E-state index >= 15 is 0 Å². The number of nitrogens with zero attached hydrogens (tertiary/aromatic N) is 3. The highest BCUT2D eigenvalue weighted by Crippen LogP contribution is 2.29. The molecule has 246 valence electrons. The van der Waals surface area contributed by atoms with Gasteiger partial charge in [0.1, 0.15) is 28.8 Å². The summed E-state index contributed by atoms with van der Waals surface area (Å²) in [5, 5.41) is 21.5. The fraction of sp³-hybridized carbons (Fsp3) is 0.387. The zero-order chi connectivity index (χ0) is 33.4. The van der Waals surface area contributed by atoms with Gasteiger partial charge in [-0.1, -0.05) is 56.9 Å². The van der Waals surface area contributed by atoms with Crippen molar-refractivity contribution in [2.45, 2.75) is 75.0 Å². The van der Waals surface area contributed by atoms with E-state index in [2.05, 4.69) is 17.2 Å². The predicted molar refractivity (Wildman–Crippen MR) is 164 cm³/mol. The van der Waals surface area contributed by atoms with E-state index < -0.39 is 57.0 Å². The molecule has 4 rings (SSSR count). The van der Waals surface area contributed by atoms with E-state index in [1.807, 2.05) is 0 Å². The number of carbonyl (C=O) groups excluding carboxylic acids is 2. The van der Waals surface area contributed by atoms with Crippen molar-refractivity contribution in [3.05, 3.63) is 72.2 Å². The average molecular weight is 657 g/mol. The second-order valence-electron chi connectivity index (χ2n) is 11.0. The standard InChI is InChI=1S/C31H36N4O10S/c1-2-3-4-5-9-24(34-18-27(32-19-34)33-29(38)23-8-6-7-10-26(23)46(42,43)44)30(39)35-17-22(16-25(35)31(40)41)45-21-13-11-20(12-14-21)15-28(36)37/h6-8,10-14,18-19,22,24-25H,2-5,9,15-17H2,1H3,(H,33,38)(H,36,37)(H,40,41)(H,42,43,44)/t22-,24-,25+/m0/s1. The van der Waals surface area contributed by atoms with Gasteiger partial charge in [-0.25, -0.2) is 9.78 Å². The normalized spacial score (nSPS) is 17.0. The summed E-state index contributed by atoms with van der Waals surface area (Å²) in [4.78, 5) is 55.0. The molecule has 46 heavy (non-hydrogen) atoms. The first kappa shape index (κ1) is 34.1. The number of unbranched alkanes of at least 4 members (excludes halogenated alkanes) is 3. The Hall–Kier alpha value is -4.76. The minimum absolute atomic E-state index is 0.00282. The zero-order valence-corrected chi connectivity index (χ0v) is 25.9. The van der Waals surface area contributed by atoms with Crippen LogP contribution in [-0.4, -0.2) is 80.1 Å². The maximum atomic E-state index is 14.0. The summed E-state index contributed by atoms with van der Waals surface area (Å²) in [6.45, 7) is 2.05. The van der Waals surface area contributed by atoms with Gasteiger partial charge in [0.05, 0.1) is 24.9 Å². The number of rotatable bonds is 15. The number of nitrogens with one attached hydrogen (secondary N) is 1. The van der Waals surface area contributed by atoms with Gasteiger partial charge in [0, 0.05) is 12.6 Å². The quantitative estimate of drug-likeness (QED) is 0.137. The second kappa shape index (κ2) is 15.0. The van der Waals surface area contributed by atoms with Gasteiger partial charge in [0.15, 0.2) is 5.82 Å². The first-order chi connectivity index (χ1) is 21.9. The van der Waals surface area contributed by atoms with Crippen LogP contribution < -0.4 is 10.1 Å². The van der Waals surface area contributed by atoms with Crippen LogP contribution in [0.4, 0.5) is 5.82 Å². The lowest BCUT2D eigenvalue weighted by molar-refractivity contribution is -0.149. The molecule has 0 unspecified atom stereocenters. The SMILES string of the molecule is CCCCCC[C@@H](C(=O)N1C[C@@H](Oc2ccc(CC(=O)O)cc2)C[C@@H]1C(=O)O)n1cnc(NC(=O)c2ccccc2S(=O)(=O)O)c1. The molecule has 1 aliphatic heterocycles. The number of imidazole rings is 1. The number of aromatic nitrogens is 2. The van der Waals surface area contributed by atoms with E-state index in [1.54, 1.807) is 24.3 Å². The predicted octanol–water partition coefficient (Wildman–Crippen LogP) is 3.65. The smallest absolute Gasteiger partial charge is 0.326 e. The number of ether oxygens (including phenoxy) is 1. The Labute approximate surface area is 265 Å². The Kier molecular flexibility index (Phi) is 11.1. The molecule has 1 fully saturated rings. The molecular weight excluding hydrogens is 620 g/mol. The summed E-state index contributed by atoms with van der Waals surface area (Å²) < 4.78 is 40.5. The fourth-order valence-electron chi connectivity index (χ4n) is 5.40. The molecule has 2 heterocycles. The van der Waals surface area contributed by atoms with E-state index in [4.69, 9.17) is 9.84 Å². The van der Waals surface area contributed by atoms with Crippen molar-refractivity contribution in [2.75, 3.05) is 11.9 Å². The molecular formula is C31H36N4O10S. The minimum atomic E-state index is -4.67. The van der Waals surface area contributed by atoms with E-state index in [-0.39, 0.29) is 30.8 Å². The van der Waals surface area contributed by atoms with Crippen LogP contribution in [0.3, 0.4) is 0 Å². The van der Waals surface area contributed by atoms with Gasteiger partial charge < -0.3 is 29.7 Å². The highest BCUT2D eigenvalue weighted by molar-refractivity contribution is 7.86. The Balaban J connectivity index is 1.53. The molecule has 0 radical (unpaired) electrons. The van der Waals surface area contributed by atoms with Crippen LogP contribution >= 0.6 is 0 Å². The number of benzene rings is 2. The molecule has 0 aliphatic carbocycles. The number of aliphatic carboxylic acids is 2. The number of hydrogen-bond donors (Lipinski definition) is 4. The Bertz CT molecular complexity index is 1670. The lowest BCUT2D eigenvalue weighted by Gasteiger charge is -2.27. The van der Waals surface area contributed by atoms with Gasteiger partial charge in [0.25, 0.3) is 16.0 Å². The molecule has 4 N–H and O–H groups in total. The van der Waals surface area contributed by atoms with Crippen LogP contribution in [0.1, 0.15) is 67.4 Å². The average Bonchev–Trinajstić information content (AvgIpc) is 3.64. The third-order valence-electron chi connectivity index (χ3n) is 7.64. The third kappa shape index (κ3) is 8.69. The molecule has 15 heteroatoms. The van der Waals surface area contributed by atoms with E-state index in [0.717, 1.165) is 25.3 Å². The van der Waals surface area contributed by atoms with Gasteiger partial charge in [-0.2, -0.15) is 8.42 Å². The number of hydrogen-bond acceptors (Lipinski definition) is 8. The molecule has 3 atom stereocenters. The van der Waals surface area contributed by atoms with Crippen LogP contribution in [0.2, 0.25) is 0 Å². The largest absolute Gasteiger partial charge is 0.488 e. The number of carboxylic acids is 2. The van der Waals surface area contributed by atoms with Gasteiger partial charge in [-0.15, -0.1) is 0 Å². The lowest BCUT2D eigenvalue weighted by Crippen LogP contribution is -2.44. The van der Waals surface area contributed by atoms with Crippen molar-refractivity contribution in [1.82, 2.24) is 14.5 Å². The Morgan fingerprint density at radius 1 is 1.04 bits per heavy atom. The number of anilines is 1. The highest BCUT2D eigenvalue weighted by Gasteiger charge is 2.43. The Morgan fingerprint density at radius 2 is 1.76 bits per heavy atom. The van der Waals surface area contributed by atoms with Crippen molar-refractivity contribution in [3.8, 4) is 5.75 Å². The number of carboxylic acid groups (broad SMARTS) is 2. The first-order valence-electron chi connectivity index (χ1n) is 14.8. The summed E-state index contributed by atoms with van der Waals surface area (Å²) in [7, 11) is -4.67. The van der Waals surface area contributed by atoms with Crippen molar-refractivity contribution >= 4 is 39.7 Å². The van der Waals surface area contributed by atoms with Crippen LogP contribution in [0.15, 0.2) is 66.0 Å². The van der Waals surface area contributed by atoms with E-state index in [9.17, 15) is 37.3 Å². The lowest BCUT2D eigenvalue weighted by atomic mass is 10.1. The molecule has 1 aliphatic rings. The van der Waals surface area contributed by atoms with Crippen molar-refractivity contribution in [1.29, 1.82) is 0 Å². The van der Waals surface area contributed by atoms with Crippen molar-refractivity contribution in [2.24, 2.45) is 0 Å². The molecule has 0 bridgehead atoms. The summed E-state index contributed by atoms with van der Waals surface area (Å²) >= 11 is 0. The monoisotopic (exact) mass is 656 g/mol. The van der Waals surface area contributed by atoms with Crippen LogP contribution in [0.25, 0.3) is 0 Å². The molecule has 3 aromatic rings. The second-order valence-corrected chi connectivity index (χ2v) is 12.4. The van der Waals surface area contributed by atoms with E-state index in [0.29, 0.717) is 24.2 Å². The van der Waals surface area contributed by atoms with Crippen LogP contribution in [-0.2, 0) is 30.9 Å². The van der Waals surface area contributed by atoms with Crippen LogP contribution in [0.5, 0.6) is 5.75 Å². The topological polar surface area (TPSA) is 205 Å². The number of likely N-dealkylation sites (tertiary alicyclic amines) is 1. The molecule has 1 saturated heterocycles. The highest BCUT2D eigenvalue weighted by atomic mass is 32.2. The molecule has 0 spiro atoms. The summed E-state index contributed by atoms with van der Waals surface area (Å²) in [6.07, 6.45) is 5.81. The van der Waals surface area contributed by atoms with Crippen molar-refractivity contribution in [3.63, 3.8) is 0 Å². The molecule has 1 aromatic heterocycles. The minimum Gasteiger partial charge on any atom is -0.488 e. The van der Waals surface area contributed by atoms with Gasteiger partial charge in [0.2, 0.25) is 5.91 Å². The maximum absolute atomic E-state index is 14.0. The first-order valence-corrected chi connectivity index (χ1v) is 16.2. The van der Waals surface area contributed by atoms with Crippen LogP contribution in [0, 0.1) is 0 Å². The van der Waals surface area contributed by atoms with Gasteiger partial charge in [-0.05, 0) is 36.2 Å². The molecule has 14 nitrogen and oxygen atoms in total. The fourth-order valence-corrected chi connectivity index (χ4v) is 6.09. The van der Waals surface area contributed by atoms with Crippen molar-refractivity contribution < 1.29 is 47.1 Å².